The number of carbonyl (C=O) groups excluding carboxylic acids is 1. The Morgan fingerprint density at radius 2 is 1.72 bits per heavy atom. The Morgan fingerprint density at radius 3 is 2.36 bits per heavy atom. The smallest absolute Gasteiger partial charge is 0.322 e. The molecule has 0 aliphatic heterocycles. The molecule has 0 saturated carbocycles. The van der Waals surface area contributed by atoms with E-state index in [1.807, 2.05) is 13.8 Å². The van der Waals surface area contributed by atoms with Gasteiger partial charge in [-0.2, -0.15) is 0 Å². The van der Waals surface area contributed by atoms with E-state index in [2.05, 4.69) is 5.32 Å². The van der Waals surface area contributed by atoms with Crippen molar-refractivity contribution in [3.8, 4) is 11.4 Å². The van der Waals surface area contributed by atoms with Crippen LogP contribution in [0.25, 0.3) is 16.6 Å². The van der Waals surface area contributed by atoms with Gasteiger partial charge in [0.2, 0.25) is 0 Å². The Balaban J connectivity index is 1.82. The van der Waals surface area contributed by atoms with E-state index in [1.165, 1.54) is 4.57 Å². The quantitative estimate of drug-likeness (QED) is 0.284. The number of methoxy groups -OCH3 is 1. The monoisotopic (exact) mass is 544 g/mol. The average molecular weight is 546 g/mol. The first-order chi connectivity index (χ1) is 17.2. The molecule has 0 bridgehead atoms. The summed E-state index contributed by atoms with van der Waals surface area (Å²) in [6, 6.07) is 15.8. The summed E-state index contributed by atoms with van der Waals surface area (Å²) in [6.45, 7) is 3.99. The average Bonchev–Trinajstić information content (AvgIpc) is 2.86. The molecule has 36 heavy (non-hydrogen) atoms. The molecule has 1 aromatic heterocycles. The summed E-state index contributed by atoms with van der Waals surface area (Å²) >= 11 is 18.4. The van der Waals surface area contributed by atoms with Crippen LogP contribution in [0.3, 0.4) is 0 Å². The lowest BCUT2D eigenvalue weighted by Crippen LogP contribution is -2.39. The molecule has 1 unspecified atom stereocenters. The zero-order valence-corrected chi connectivity index (χ0v) is 22.0. The number of benzene rings is 3. The molecule has 0 fully saturated rings. The molecule has 4 rings (SSSR count). The molecule has 4 aromatic rings. The fraction of sp³-hybridized carbons (Fsp3) is 0.192. The van der Waals surface area contributed by atoms with Crippen LogP contribution in [0.1, 0.15) is 25.7 Å². The first-order valence-electron chi connectivity index (χ1n) is 11.1. The number of nitrogens with zero attached hydrogens (tertiary/aromatic N) is 3. The number of fused-ring (bicyclic) bond motifs is 1. The molecule has 0 aliphatic rings. The van der Waals surface area contributed by atoms with E-state index in [0.717, 1.165) is 0 Å². The lowest BCUT2D eigenvalue weighted by molar-refractivity contribution is 0.193. The molecule has 3 aromatic carbocycles. The van der Waals surface area contributed by atoms with Crippen molar-refractivity contribution in [3.63, 3.8) is 0 Å². The lowest BCUT2D eigenvalue weighted by Gasteiger charge is -2.29. The Labute approximate surface area is 223 Å². The van der Waals surface area contributed by atoms with Crippen LogP contribution < -0.4 is 15.6 Å². The van der Waals surface area contributed by atoms with Gasteiger partial charge in [0.25, 0.3) is 5.56 Å². The van der Waals surface area contributed by atoms with E-state index >= 15 is 0 Å². The summed E-state index contributed by atoms with van der Waals surface area (Å²) in [4.78, 5) is 33.3. The number of carbonyl (C=O) groups is 1. The fourth-order valence-electron chi connectivity index (χ4n) is 3.95. The number of aromatic nitrogens is 2. The Kier molecular flexibility index (Phi) is 7.73. The van der Waals surface area contributed by atoms with E-state index < -0.39 is 12.1 Å². The highest BCUT2D eigenvalue weighted by Gasteiger charge is 2.26. The zero-order chi connectivity index (χ0) is 26.0. The van der Waals surface area contributed by atoms with Crippen LogP contribution in [0.4, 0.5) is 10.5 Å². The number of anilines is 1. The minimum absolute atomic E-state index is 0.277. The third kappa shape index (κ3) is 5.14. The number of amides is 2. The van der Waals surface area contributed by atoms with Gasteiger partial charge in [0, 0.05) is 16.6 Å². The van der Waals surface area contributed by atoms with Crippen LogP contribution in [0, 0.1) is 0 Å². The molecule has 186 valence electrons. The molecule has 0 saturated heterocycles. The number of halogens is 3. The highest BCUT2D eigenvalue weighted by molar-refractivity contribution is 6.36. The molecule has 2 amide bonds. The molecule has 1 heterocycles. The highest BCUT2D eigenvalue weighted by atomic mass is 35.5. The van der Waals surface area contributed by atoms with Crippen molar-refractivity contribution < 1.29 is 9.53 Å². The second-order valence-corrected chi connectivity index (χ2v) is 9.27. The molecule has 10 heteroatoms. The summed E-state index contributed by atoms with van der Waals surface area (Å²) in [5.41, 5.74) is 1.17. The van der Waals surface area contributed by atoms with E-state index in [-0.39, 0.29) is 5.56 Å². The van der Waals surface area contributed by atoms with Crippen LogP contribution in [0.5, 0.6) is 5.75 Å². The van der Waals surface area contributed by atoms with E-state index in [4.69, 9.17) is 44.5 Å². The van der Waals surface area contributed by atoms with Gasteiger partial charge < -0.3 is 15.0 Å². The molecular weight excluding hydrogens is 523 g/mol. The number of ether oxygens (including phenoxy) is 1. The van der Waals surface area contributed by atoms with Crippen molar-refractivity contribution in [1.29, 1.82) is 0 Å². The molecule has 0 aliphatic carbocycles. The molecule has 7 nitrogen and oxygen atoms in total. The number of hydrogen-bond acceptors (Lipinski definition) is 4. The highest BCUT2D eigenvalue weighted by Crippen LogP contribution is 2.28. The van der Waals surface area contributed by atoms with Gasteiger partial charge in [-0.1, -0.05) is 34.8 Å². The van der Waals surface area contributed by atoms with Gasteiger partial charge in [0.05, 0.1) is 40.5 Å². The zero-order valence-electron chi connectivity index (χ0n) is 19.8. The SMILES string of the molecule is CCN(C(=O)Nc1ccc(Cl)cc1Cl)C(C)c1nc2cc(Cl)ccc2c(=O)n1-c1ccc(OC)cc1. The Morgan fingerprint density at radius 1 is 1.06 bits per heavy atom. The van der Waals surface area contributed by atoms with Crippen molar-refractivity contribution in [3.05, 3.63) is 91.9 Å². The van der Waals surface area contributed by atoms with Crippen molar-refractivity contribution >= 4 is 57.4 Å². The minimum Gasteiger partial charge on any atom is -0.497 e. The van der Waals surface area contributed by atoms with Crippen molar-refractivity contribution in [2.24, 2.45) is 0 Å². The molecule has 1 atom stereocenters. The van der Waals surface area contributed by atoms with Gasteiger partial charge >= 0.3 is 6.03 Å². The van der Waals surface area contributed by atoms with E-state index in [9.17, 15) is 9.59 Å². The van der Waals surface area contributed by atoms with Crippen molar-refractivity contribution in [1.82, 2.24) is 14.5 Å². The van der Waals surface area contributed by atoms with E-state index in [1.54, 1.807) is 72.7 Å². The second-order valence-electron chi connectivity index (χ2n) is 7.99. The van der Waals surface area contributed by atoms with E-state index in [0.29, 0.717) is 55.5 Å². The van der Waals surface area contributed by atoms with Crippen molar-refractivity contribution in [2.45, 2.75) is 19.9 Å². The summed E-state index contributed by atoms with van der Waals surface area (Å²) in [5, 5.41) is 4.46. The predicted molar refractivity (Wildman–Crippen MR) is 145 cm³/mol. The Hall–Kier alpha value is -3.26. The van der Waals surface area contributed by atoms with Crippen molar-refractivity contribution in [2.75, 3.05) is 19.0 Å². The van der Waals surface area contributed by atoms with Crippen LogP contribution >= 0.6 is 34.8 Å². The topological polar surface area (TPSA) is 76.5 Å². The first-order valence-corrected chi connectivity index (χ1v) is 12.3. The largest absolute Gasteiger partial charge is 0.497 e. The number of nitrogens with one attached hydrogen (secondary N) is 1. The molecule has 0 radical (unpaired) electrons. The summed E-state index contributed by atoms with van der Waals surface area (Å²) < 4.78 is 6.76. The first kappa shape index (κ1) is 25.8. The lowest BCUT2D eigenvalue weighted by atomic mass is 10.2. The van der Waals surface area contributed by atoms with Crippen LogP contribution in [-0.2, 0) is 0 Å². The maximum absolute atomic E-state index is 13.7. The minimum atomic E-state index is -0.598. The van der Waals surface area contributed by atoms with Crippen LogP contribution in [0.15, 0.2) is 65.5 Å². The maximum Gasteiger partial charge on any atom is 0.322 e. The third-order valence-electron chi connectivity index (χ3n) is 5.80. The van der Waals surface area contributed by atoms with Gasteiger partial charge in [-0.25, -0.2) is 9.78 Å². The summed E-state index contributed by atoms with van der Waals surface area (Å²) in [7, 11) is 1.57. The van der Waals surface area contributed by atoms with Gasteiger partial charge in [-0.05, 0) is 74.5 Å². The summed E-state index contributed by atoms with van der Waals surface area (Å²) in [5.74, 6) is 1.02. The normalized spacial score (nSPS) is 11.8. The molecule has 0 spiro atoms. The number of hydrogen-bond donors (Lipinski definition) is 1. The van der Waals surface area contributed by atoms with Gasteiger partial charge in [-0.15, -0.1) is 0 Å². The van der Waals surface area contributed by atoms with Gasteiger partial charge in [0.1, 0.15) is 11.6 Å². The molecule has 1 N–H and O–H groups in total. The molecular formula is C26H23Cl3N4O3. The second kappa shape index (κ2) is 10.8. The third-order valence-corrected chi connectivity index (χ3v) is 6.59. The number of urea groups is 1. The number of rotatable bonds is 6. The maximum atomic E-state index is 13.7. The Bertz CT molecular complexity index is 1490. The fourth-order valence-corrected chi connectivity index (χ4v) is 4.57. The standard InChI is InChI=1S/C26H23Cl3N4O3/c1-4-32(26(35)31-22-12-6-16(27)13-21(22)29)15(2)24-30-23-14-17(28)5-11-20(23)25(34)33(24)18-7-9-19(36-3)10-8-18/h5-15H,4H2,1-3H3,(H,31,35). The van der Waals surface area contributed by atoms with Gasteiger partial charge in [-0.3, -0.25) is 9.36 Å². The van der Waals surface area contributed by atoms with Crippen LogP contribution in [0.2, 0.25) is 15.1 Å². The van der Waals surface area contributed by atoms with Crippen LogP contribution in [-0.4, -0.2) is 34.1 Å². The van der Waals surface area contributed by atoms with Gasteiger partial charge in [0.15, 0.2) is 0 Å². The summed E-state index contributed by atoms with van der Waals surface area (Å²) in [6.07, 6.45) is 0. The predicted octanol–water partition coefficient (Wildman–Crippen LogP) is 6.97.